The van der Waals surface area contributed by atoms with Gasteiger partial charge in [0.05, 0.1) is 5.41 Å². The minimum absolute atomic E-state index is 0. The molecule has 1 amide bonds. The summed E-state index contributed by atoms with van der Waals surface area (Å²) >= 11 is 3.46. The Morgan fingerprint density at radius 3 is 2.48 bits per heavy atom. The largest absolute Gasteiger partial charge is 0.342 e. The summed E-state index contributed by atoms with van der Waals surface area (Å²) in [5, 5.41) is 0. The van der Waals surface area contributed by atoms with Gasteiger partial charge < -0.3 is 10.6 Å². The molecule has 21 heavy (non-hydrogen) atoms. The van der Waals surface area contributed by atoms with Gasteiger partial charge in [-0.25, -0.2) is 0 Å². The molecule has 3 nitrogen and oxygen atoms in total. The van der Waals surface area contributed by atoms with Gasteiger partial charge in [0.1, 0.15) is 0 Å². The Balaban J connectivity index is 0.00000161. The van der Waals surface area contributed by atoms with E-state index in [0.717, 1.165) is 43.2 Å². The molecule has 1 aromatic rings. The zero-order valence-electron chi connectivity index (χ0n) is 12.1. The standard InChI is InChI=1S/C16H21BrN2O.ClH/c17-14-4-2-13(3-5-14)16(7-1-8-16)15(20)19-9-6-12(10-18)11-19;/h2-5,12H,1,6-11,18H2;1H. The predicted molar refractivity (Wildman–Crippen MR) is 90.7 cm³/mol. The lowest BCUT2D eigenvalue weighted by molar-refractivity contribution is -0.140. The van der Waals surface area contributed by atoms with Gasteiger partial charge in [0, 0.05) is 17.6 Å². The van der Waals surface area contributed by atoms with E-state index in [0.29, 0.717) is 18.4 Å². The van der Waals surface area contributed by atoms with Gasteiger partial charge in [0.15, 0.2) is 0 Å². The first-order chi connectivity index (χ1) is 9.65. The van der Waals surface area contributed by atoms with Crippen LogP contribution < -0.4 is 5.73 Å². The number of nitrogens with two attached hydrogens (primary N) is 1. The topological polar surface area (TPSA) is 46.3 Å². The van der Waals surface area contributed by atoms with Crippen molar-refractivity contribution in [3.63, 3.8) is 0 Å². The van der Waals surface area contributed by atoms with Crippen molar-refractivity contribution in [2.75, 3.05) is 19.6 Å². The third-order valence-corrected chi connectivity index (χ3v) is 5.45. The number of nitrogens with zero attached hydrogens (tertiary/aromatic N) is 1. The van der Waals surface area contributed by atoms with E-state index in [2.05, 4.69) is 28.1 Å². The number of rotatable bonds is 3. The molecule has 1 saturated heterocycles. The van der Waals surface area contributed by atoms with Crippen molar-refractivity contribution in [2.45, 2.75) is 31.1 Å². The number of halogens is 2. The molecule has 1 aromatic carbocycles. The molecule has 2 N–H and O–H groups in total. The number of benzene rings is 1. The highest BCUT2D eigenvalue weighted by Crippen LogP contribution is 2.46. The monoisotopic (exact) mass is 372 g/mol. The van der Waals surface area contributed by atoms with E-state index >= 15 is 0 Å². The number of hydrogen-bond donors (Lipinski definition) is 1. The van der Waals surface area contributed by atoms with Gasteiger partial charge in [-0.05, 0) is 49.4 Å². The second kappa shape index (κ2) is 6.67. The summed E-state index contributed by atoms with van der Waals surface area (Å²) in [6, 6.07) is 8.26. The molecule has 1 saturated carbocycles. The maximum atomic E-state index is 13.0. The van der Waals surface area contributed by atoms with Gasteiger partial charge in [-0.2, -0.15) is 0 Å². The molecule has 2 aliphatic rings. The summed E-state index contributed by atoms with van der Waals surface area (Å²) in [5.74, 6) is 0.808. The van der Waals surface area contributed by atoms with Gasteiger partial charge in [-0.15, -0.1) is 12.4 Å². The average Bonchev–Trinajstić information content (AvgIpc) is 2.88. The molecule has 116 valence electrons. The molecule has 0 spiro atoms. The van der Waals surface area contributed by atoms with Crippen LogP contribution in [0.1, 0.15) is 31.2 Å². The molecule has 0 bridgehead atoms. The summed E-state index contributed by atoms with van der Waals surface area (Å²) in [7, 11) is 0. The van der Waals surface area contributed by atoms with Crippen molar-refractivity contribution >= 4 is 34.2 Å². The molecule has 3 rings (SSSR count). The van der Waals surface area contributed by atoms with Crippen molar-refractivity contribution < 1.29 is 4.79 Å². The van der Waals surface area contributed by atoms with Crippen LogP contribution in [0.4, 0.5) is 0 Å². The second-order valence-corrected chi connectivity index (χ2v) is 7.00. The molecule has 1 heterocycles. The minimum atomic E-state index is -0.260. The van der Waals surface area contributed by atoms with Crippen molar-refractivity contribution in [1.29, 1.82) is 0 Å². The molecule has 0 aromatic heterocycles. The molecule has 1 aliphatic heterocycles. The quantitative estimate of drug-likeness (QED) is 0.885. The Morgan fingerprint density at radius 2 is 2.00 bits per heavy atom. The van der Waals surface area contributed by atoms with Crippen LogP contribution in [0.25, 0.3) is 0 Å². The average molecular weight is 374 g/mol. The molecule has 1 atom stereocenters. The van der Waals surface area contributed by atoms with E-state index in [4.69, 9.17) is 5.73 Å². The van der Waals surface area contributed by atoms with Crippen LogP contribution in [0.15, 0.2) is 28.7 Å². The Hall–Kier alpha value is -0.580. The smallest absolute Gasteiger partial charge is 0.233 e. The van der Waals surface area contributed by atoms with E-state index in [9.17, 15) is 4.79 Å². The van der Waals surface area contributed by atoms with Gasteiger partial charge in [0.2, 0.25) is 5.91 Å². The lowest BCUT2D eigenvalue weighted by Crippen LogP contribution is -2.50. The Labute approximate surface area is 140 Å². The predicted octanol–water partition coefficient (Wildman–Crippen LogP) is 3.10. The van der Waals surface area contributed by atoms with Crippen molar-refractivity contribution in [3.8, 4) is 0 Å². The molecule has 2 fully saturated rings. The molecule has 0 radical (unpaired) electrons. The number of carbonyl (C=O) groups excluding carboxylic acids is 1. The lowest BCUT2D eigenvalue weighted by atomic mass is 9.63. The first-order valence-corrected chi connectivity index (χ1v) is 8.20. The number of likely N-dealkylation sites (tertiary alicyclic amines) is 1. The van der Waals surface area contributed by atoms with Crippen molar-refractivity contribution in [3.05, 3.63) is 34.3 Å². The molecular formula is C16H22BrClN2O. The van der Waals surface area contributed by atoms with Crippen LogP contribution >= 0.6 is 28.3 Å². The maximum absolute atomic E-state index is 13.0. The van der Waals surface area contributed by atoms with E-state index in [1.54, 1.807) is 0 Å². The van der Waals surface area contributed by atoms with Crippen molar-refractivity contribution in [1.82, 2.24) is 4.90 Å². The highest BCUT2D eigenvalue weighted by molar-refractivity contribution is 9.10. The van der Waals surface area contributed by atoms with E-state index in [-0.39, 0.29) is 17.8 Å². The van der Waals surface area contributed by atoms with E-state index < -0.39 is 0 Å². The van der Waals surface area contributed by atoms with Crippen LogP contribution in [0.5, 0.6) is 0 Å². The van der Waals surface area contributed by atoms with E-state index in [1.807, 2.05) is 17.0 Å². The summed E-state index contributed by atoms with van der Waals surface area (Å²) in [6.45, 7) is 2.40. The summed E-state index contributed by atoms with van der Waals surface area (Å²) in [5.41, 5.74) is 6.65. The minimum Gasteiger partial charge on any atom is -0.342 e. The highest BCUT2D eigenvalue weighted by atomic mass is 79.9. The molecular weight excluding hydrogens is 352 g/mol. The number of carbonyl (C=O) groups is 1. The first-order valence-electron chi connectivity index (χ1n) is 7.41. The number of hydrogen-bond acceptors (Lipinski definition) is 2. The van der Waals surface area contributed by atoms with E-state index in [1.165, 1.54) is 5.56 Å². The Bertz CT molecular complexity index is 502. The van der Waals surface area contributed by atoms with Crippen LogP contribution in [-0.2, 0) is 10.2 Å². The molecule has 1 aliphatic carbocycles. The fraction of sp³-hybridized carbons (Fsp3) is 0.562. The van der Waals surface area contributed by atoms with Gasteiger partial charge in [-0.1, -0.05) is 34.5 Å². The second-order valence-electron chi connectivity index (χ2n) is 6.08. The third-order valence-electron chi connectivity index (χ3n) is 4.92. The van der Waals surface area contributed by atoms with Gasteiger partial charge in [0.25, 0.3) is 0 Å². The number of amides is 1. The Kier molecular flexibility index (Phi) is 5.33. The van der Waals surface area contributed by atoms with Crippen LogP contribution in [0, 0.1) is 5.92 Å². The van der Waals surface area contributed by atoms with Crippen LogP contribution in [0.2, 0.25) is 0 Å². The lowest BCUT2D eigenvalue weighted by Gasteiger charge is -2.43. The van der Waals surface area contributed by atoms with Crippen molar-refractivity contribution in [2.24, 2.45) is 11.7 Å². The molecule has 5 heteroatoms. The van der Waals surface area contributed by atoms with Gasteiger partial charge >= 0.3 is 0 Å². The zero-order chi connectivity index (χ0) is 14.2. The van der Waals surface area contributed by atoms with Gasteiger partial charge in [-0.3, -0.25) is 4.79 Å². The fourth-order valence-electron chi connectivity index (χ4n) is 3.44. The Morgan fingerprint density at radius 1 is 1.33 bits per heavy atom. The normalized spacial score (nSPS) is 23.3. The zero-order valence-corrected chi connectivity index (χ0v) is 14.5. The summed E-state index contributed by atoms with van der Waals surface area (Å²) < 4.78 is 1.06. The van der Waals surface area contributed by atoms with Crippen LogP contribution in [-0.4, -0.2) is 30.4 Å². The fourth-order valence-corrected chi connectivity index (χ4v) is 3.70. The van der Waals surface area contributed by atoms with Crippen LogP contribution in [0.3, 0.4) is 0 Å². The summed E-state index contributed by atoms with van der Waals surface area (Å²) in [4.78, 5) is 15.0. The molecule has 1 unspecified atom stereocenters. The third kappa shape index (κ3) is 2.99. The summed E-state index contributed by atoms with van der Waals surface area (Å²) in [6.07, 6.45) is 4.17. The maximum Gasteiger partial charge on any atom is 0.233 e. The SMILES string of the molecule is Cl.NCC1CCN(C(=O)C2(c3ccc(Br)cc3)CCC2)C1. The first kappa shape index (κ1) is 16.8. The highest BCUT2D eigenvalue weighted by Gasteiger charge is 2.48.